The summed E-state index contributed by atoms with van der Waals surface area (Å²) in [4.78, 5) is 28.4. The van der Waals surface area contributed by atoms with Gasteiger partial charge in [0.1, 0.15) is 6.04 Å². The first-order valence-electron chi connectivity index (χ1n) is 12.0. The molecule has 2 aromatic carbocycles. The van der Waals surface area contributed by atoms with E-state index in [2.05, 4.69) is 36.5 Å². The predicted octanol–water partition coefficient (Wildman–Crippen LogP) is 6.79. The van der Waals surface area contributed by atoms with Gasteiger partial charge in [0.25, 0.3) is 0 Å². The van der Waals surface area contributed by atoms with Gasteiger partial charge in [-0.2, -0.15) is 0 Å². The zero-order valence-electron chi connectivity index (χ0n) is 20.0. The lowest BCUT2D eigenvalue weighted by atomic mass is 9.95. The molecule has 0 bridgehead atoms. The third kappa shape index (κ3) is 7.93. The van der Waals surface area contributed by atoms with Gasteiger partial charge in [-0.3, -0.25) is 9.59 Å². The number of rotatable bonds is 10. The quantitative estimate of drug-likeness (QED) is 0.375. The number of thioether (sulfide) groups is 1. The Morgan fingerprint density at radius 3 is 2.35 bits per heavy atom. The highest BCUT2D eigenvalue weighted by Crippen LogP contribution is 2.25. The molecular weight excluding hydrogens is 487 g/mol. The van der Waals surface area contributed by atoms with E-state index in [1.54, 1.807) is 28.8 Å². The van der Waals surface area contributed by atoms with Gasteiger partial charge in [0.15, 0.2) is 0 Å². The fourth-order valence-electron chi connectivity index (χ4n) is 4.32. The van der Waals surface area contributed by atoms with Crippen LogP contribution in [0.4, 0.5) is 0 Å². The Balaban J connectivity index is 1.71. The molecule has 7 heteroatoms. The smallest absolute Gasteiger partial charge is 0.243 e. The van der Waals surface area contributed by atoms with Crippen LogP contribution >= 0.6 is 35.0 Å². The van der Waals surface area contributed by atoms with E-state index in [-0.39, 0.29) is 17.9 Å². The van der Waals surface area contributed by atoms with Crippen LogP contribution in [0.1, 0.15) is 62.1 Å². The van der Waals surface area contributed by atoms with Gasteiger partial charge in [-0.25, -0.2) is 0 Å². The van der Waals surface area contributed by atoms with Crippen molar-refractivity contribution in [3.05, 3.63) is 69.2 Å². The van der Waals surface area contributed by atoms with Crippen LogP contribution in [0.3, 0.4) is 0 Å². The lowest BCUT2D eigenvalue weighted by Gasteiger charge is -2.33. The molecule has 3 rings (SSSR count). The van der Waals surface area contributed by atoms with Gasteiger partial charge in [0.2, 0.25) is 11.8 Å². The zero-order valence-corrected chi connectivity index (χ0v) is 22.3. The first-order valence-corrected chi connectivity index (χ1v) is 14.0. The van der Waals surface area contributed by atoms with E-state index in [4.69, 9.17) is 23.2 Å². The van der Waals surface area contributed by atoms with Crippen molar-refractivity contribution in [1.82, 2.24) is 10.2 Å². The second-order valence-electron chi connectivity index (χ2n) is 9.02. The predicted molar refractivity (Wildman–Crippen MR) is 143 cm³/mol. The minimum Gasteiger partial charge on any atom is -0.352 e. The lowest BCUT2D eigenvalue weighted by Crippen LogP contribution is -2.52. The molecule has 1 aliphatic rings. The van der Waals surface area contributed by atoms with E-state index >= 15 is 0 Å². The van der Waals surface area contributed by atoms with Crippen molar-refractivity contribution in [2.45, 2.75) is 76.8 Å². The second-order valence-corrected chi connectivity index (χ2v) is 10.8. The number of benzene rings is 2. The molecule has 0 radical (unpaired) electrons. The number of halogens is 2. The minimum absolute atomic E-state index is 0.0474. The molecule has 0 saturated heterocycles. The lowest BCUT2D eigenvalue weighted by molar-refractivity contribution is -0.139. The van der Waals surface area contributed by atoms with Crippen molar-refractivity contribution in [3.63, 3.8) is 0 Å². The Morgan fingerprint density at radius 1 is 1.03 bits per heavy atom. The van der Waals surface area contributed by atoms with E-state index in [1.807, 2.05) is 13.0 Å². The highest BCUT2D eigenvalue weighted by molar-refractivity contribution is 7.99. The standard InChI is InChI=1S/C27H34Cl2N2O2S/c1-3-25(27(33)30-22-7-5-4-6-8-22)31(16-21-13-14-23(28)24(29)15-21)26(32)18-34-17-20-11-9-19(2)10-12-20/h9-15,22,25H,3-8,16-18H2,1-2H3,(H,30,33). The average molecular weight is 522 g/mol. The molecule has 0 spiro atoms. The van der Waals surface area contributed by atoms with E-state index < -0.39 is 6.04 Å². The van der Waals surface area contributed by atoms with Crippen molar-refractivity contribution >= 4 is 46.8 Å². The normalized spacial score (nSPS) is 15.1. The number of hydrogen-bond acceptors (Lipinski definition) is 3. The fraction of sp³-hybridized carbons (Fsp3) is 0.481. The van der Waals surface area contributed by atoms with Gasteiger partial charge < -0.3 is 10.2 Å². The maximum atomic E-state index is 13.4. The maximum Gasteiger partial charge on any atom is 0.243 e. The number of carbonyl (C=O) groups excluding carboxylic acids is 2. The Labute approximate surface area is 217 Å². The third-order valence-electron chi connectivity index (χ3n) is 6.29. The van der Waals surface area contributed by atoms with E-state index in [0.717, 1.165) is 37.0 Å². The van der Waals surface area contributed by atoms with Crippen molar-refractivity contribution in [2.24, 2.45) is 0 Å². The summed E-state index contributed by atoms with van der Waals surface area (Å²) in [6, 6.07) is 13.4. The molecule has 184 valence electrons. The van der Waals surface area contributed by atoms with Crippen LogP contribution in [-0.4, -0.2) is 34.6 Å². The van der Waals surface area contributed by atoms with Crippen molar-refractivity contribution < 1.29 is 9.59 Å². The number of carbonyl (C=O) groups is 2. The molecule has 0 aromatic heterocycles. The van der Waals surface area contributed by atoms with Gasteiger partial charge >= 0.3 is 0 Å². The van der Waals surface area contributed by atoms with Crippen molar-refractivity contribution in [2.75, 3.05) is 5.75 Å². The summed E-state index contributed by atoms with van der Waals surface area (Å²) in [5.41, 5.74) is 3.25. The van der Waals surface area contributed by atoms with Crippen LogP contribution in [-0.2, 0) is 21.9 Å². The van der Waals surface area contributed by atoms with Crippen LogP contribution < -0.4 is 5.32 Å². The third-order valence-corrected chi connectivity index (χ3v) is 8.02. The van der Waals surface area contributed by atoms with E-state index in [9.17, 15) is 9.59 Å². The van der Waals surface area contributed by atoms with Gasteiger partial charge in [-0.15, -0.1) is 11.8 Å². The molecule has 1 atom stereocenters. The summed E-state index contributed by atoms with van der Waals surface area (Å²) in [6.07, 6.45) is 6.08. The molecule has 1 saturated carbocycles. The molecule has 1 aliphatic carbocycles. The molecular formula is C27H34Cl2N2O2S. The minimum atomic E-state index is -0.524. The molecule has 1 unspecified atom stereocenters. The maximum absolute atomic E-state index is 13.4. The van der Waals surface area contributed by atoms with Crippen LogP contribution in [0.2, 0.25) is 10.0 Å². The summed E-state index contributed by atoms with van der Waals surface area (Å²) >= 11 is 13.9. The molecule has 2 amide bonds. The van der Waals surface area contributed by atoms with Gasteiger partial charge in [0, 0.05) is 18.3 Å². The number of nitrogens with zero attached hydrogens (tertiary/aromatic N) is 1. The summed E-state index contributed by atoms with van der Waals surface area (Å²) in [6.45, 7) is 4.34. The number of nitrogens with one attached hydrogen (secondary N) is 1. The highest BCUT2D eigenvalue weighted by Gasteiger charge is 2.30. The SMILES string of the molecule is CCC(C(=O)NC1CCCCC1)N(Cc1ccc(Cl)c(Cl)c1)C(=O)CSCc1ccc(C)cc1. The molecule has 4 nitrogen and oxygen atoms in total. The Kier molecular flexibility index (Phi) is 10.6. The number of hydrogen-bond donors (Lipinski definition) is 1. The summed E-state index contributed by atoms with van der Waals surface area (Å²) in [5.74, 6) is 0.945. The fourth-order valence-corrected chi connectivity index (χ4v) is 5.51. The monoisotopic (exact) mass is 520 g/mol. The summed E-state index contributed by atoms with van der Waals surface area (Å²) < 4.78 is 0. The van der Waals surface area contributed by atoms with Crippen LogP contribution in [0.5, 0.6) is 0 Å². The molecule has 2 aromatic rings. The molecule has 0 heterocycles. The van der Waals surface area contributed by atoms with Crippen molar-refractivity contribution in [1.29, 1.82) is 0 Å². The van der Waals surface area contributed by atoms with Crippen LogP contribution in [0.25, 0.3) is 0 Å². The highest BCUT2D eigenvalue weighted by atomic mass is 35.5. The second kappa shape index (κ2) is 13.4. The Hall–Kier alpha value is -1.69. The molecule has 34 heavy (non-hydrogen) atoms. The Bertz CT molecular complexity index is 962. The Morgan fingerprint density at radius 2 is 1.71 bits per heavy atom. The molecule has 1 N–H and O–H groups in total. The van der Waals surface area contributed by atoms with Gasteiger partial charge in [-0.05, 0) is 49.4 Å². The van der Waals surface area contributed by atoms with Crippen LogP contribution in [0.15, 0.2) is 42.5 Å². The zero-order chi connectivity index (χ0) is 24.5. The van der Waals surface area contributed by atoms with Gasteiger partial charge in [-0.1, -0.05) is 85.3 Å². The van der Waals surface area contributed by atoms with E-state index in [0.29, 0.717) is 28.8 Å². The topological polar surface area (TPSA) is 49.4 Å². The largest absolute Gasteiger partial charge is 0.352 e. The first kappa shape index (κ1) is 26.9. The average Bonchev–Trinajstić information content (AvgIpc) is 2.83. The molecule has 1 fully saturated rings. The first-order chi connectivity index (χ1) is 16.4. The number of aryl methyl sites for hydroxylation is 1. The molecule has 0 aliphatic heterocycles. The van der Waals surface area contributed by atoms with Crippen LogP contribution in [0, 0.1) is 6.92 Å². The van der Waals surface area contributed by atoms with Crippen molar-refractivity contribution in [3.8, 4) is 0 Å². The number of amides is 2. The van der Waals surface area contributed by atoms with E-state index in [1.165, 1.54) is 17.5 Å². The van der Waals surface area contributed by atoms with Gasteiger partial charge in [0.05, 0.1) is 15.8 Å². The summed E-state index contributed by atoms with van der Waals surface area (Å²) in [5, 5.41) is 4.13. The summed E-state index contributed by atoms with van der Waals surface area (Å²) in [7, 11) is 0.